The largest absolute Gasteiger partial charge is 0.370 e. The quantitative estimate of drug-likeness (QED) is 0.864. The molecule has 0 radical (unpaired) electrons. The van der Waals surface area contributed by atoms with Crippen molar-refractivity contribution in [1.29, 1.82) is 0 Å². The summed E-state index contributed by atoms with van der Waals surface area (Å²) >= 11 is 0. The van der Waals surface area contributed by atoms with Crippen LogP contribution in [0, 0.1) is 0 Å². The minimum Gasteiger partial charge on any atom is -0.370 e. The highest BCUT2D eigenvalue weighted by Gasteiger charge is 2.05. The standard InChI is InChI=1S/C14H21N5/c1-4-8-15-13-6-5-7-14(17-13)18(2)10-12-9-16-19(3)11-12/h5-7,9,11H,4,8,10H2,1-3H3,(H,15,17). The minimum atomic E-state index is 0.804. The summed E-state index contributed by atoms with van der Waals surface area (Å²) < 4.78 is 1.82. The number of nitrogens with zero attached hydrogens (tertiary/aromatic N) is 4. The molecule has 5 nitrogen and oxygen atoms in total. The molecule has 2 rings (SSSR count). The van der Waals surface area contributed by atoms with Crippen molar-refractivity contribution in [1.82, 2.24) is 14.8 Å². The minimum absolute atomic E-state index is 0.804. The fraction of sp³-hybridized carbons (Fsp3) is 0.429. The molecule has 0 saturated heterocycles. The fourth-order valence-corrected chi connectivity index (χ4v) is 1.90. The van der Waals surface area contributed by atoms with Gasteiger partial charge >= 0.3 is 0 Å². The Bertz CT molecular complexity index is 520. The predicted octanol–water partition coefficient (Wildman–Crippen LogP) is 2.27. The molecular weight excluding hydrogens is 238 g/mol. The number of hydrogen-bond donors (Lipinski definition) is 1. The molecule has 0 aliphatic heterocycles. The van der Waals surface area contributed by atoms with Crippen LogP contribution in [0.25, 0.3) is 0 Å². The number of anilines is 2. The summed E-state index contributed by atoms with van der Waals surface area (Å²) in [6.07, 6.45) is 5.00. The summed E-state index contributed by atoms with van der Waals surface area (Å²) in [6, 6.07) is 6.05. The Morgan fingerprint density at radius 2 is 2.21 bits per heavy atom. The third-order valence-electron chi connectivity index (χ3n) is 2.86. The SMILES string of the molecule is CCCNc1cccc(N(C)Cc2cnn(C)c2)n1. The highest BCUT2D eigenvalue weighted by atomic mass is 15.2. The monoisotopic (exact) mass is 259 g/mol. The van der Waals surface area contributed by atoms with Crippen molar-refractivity contribution in [3.8, 4) is 0 Å². The summed E-state index contributed by atoms with van der Waals surface area (Å²) in [6.45, 7) is 3.90. The number of rotatable bonds is 6. The number of pyridine rings is 1. The number of aryl methyl sites for hydroxylation is 1. The van der Waals surface area contributed by atoms with Gasteiger partial charge in [-0.3, -0.25) is 4.68 Å². The van der Waals surface area contributed by atoms with Gasteiger partial charge in [0.1, 0.15) is 11.6 Å². The van der Waals surface area contributed by atoms with E-state index in [2.05, 4.69) is 27.2 Å². The summed E-state index contributed by atoms with van der Waals surface area (Å²) in [5.74, 6) is 1.89. The molecule has 0 aromatic carbocycles. The first-order valence-corrected chi connectivity index (χ1v) is 6.58. The van der Waals surface area contributed by atoms with Crippen molar-refractivity contribution in [2.24, 2.45) is 7.05 Å². The van der Waals surface area contributed by atoms with Crippen molar-refractivity contribution in [3.05, 3.63) is 36.2 Å². The highest BCUT2D eigenvalue weighted by Crippen LogP contribution is 2.15. The molecule has 0 fully saturated rings. The van der Waals surface area contributed by atoms with Crippen LogP contribution in [-0.2, 0) is 13.6 Å². The fourth-order valence-electron chi connectivity index (χ4n) is 1.90. The normalized spacial score (nSPS) is 10.5. The van der Waals surface area contributed by atoms with Gasteiger partial charge in [-0.15, -0.1) is 0 Å². The van der Waals surface area contributed by atoms with Crippen LogP contribution in [0.3, 0.4) is 0 Å². The van der Waals surface area contributed by atoms with Crippen LogP contribution in [0.5, 0.6) is 0 Å². The predicted molar refractivity (Wildman–Crippen MR) is 78.3 cm³/mol. The Labute approximate surface area is 114 Å². The molecule has 0 aliphatic carbocycles. The molecule has 0 amide bonds. The molecule has 0 spiro atoms. The molecule has 0 saturated carbocycles. The molecule has 2 aromatic rings. The van der Waals surface area contributed by atoms with Crippen LogP contribution in [-0.4, -0.2) is 28.4 Å². The molecule has 1 N–H and O–H groups in total. The van der Waals surface area contributed by atoms with Gasteiger partial charge in [-0.05, 0) is 18.6 Å². The van der Waals surface area contributed by atoms with Gasteiger partial charge in [-0.1, -0.05) is 13.0 Å². The van der Waals surface area contributed by atoms with Crippen molar-refractivity contribution < 1.29 is 0 Å². The van der Waals surface area contributed by atoms with Crippen LogP contribution < -0.4 is 10.2 Å². The molecule has 0 aliphatic rings. The zero-order valence-electron chi connectivity index (χ0n) is 11.8. The van der Waals surface area contributed by atoms with E-state index in [0.717, 1.165) is 31.1 Å². The maximum absolute atomic E-state index is 4.60. The Morgan fingerprint density at radius 3 is 2.89 bits per heavy atom. The first kappa shape index (κ1) is 13.4. The number of nitrogens with one attached hydrogen (secondary N) is 1. The summed E-state index contributed by atoms with van der Waals surface area (Å²) in [4.78, 5) is 6.72. The lowest BCUT2D eigenvalue weighted by molar-refractivity contribution is 0.766. The van der Waals surface area contributed by atoms with Crippen LogP contribution in [0.15, 0.2) is 30.6 Å². The van der Waals surface area contributed by atoms with Gasteiger partial charge in [0.15, 0.2) is 0 Å². The smallest absolute Gasteiger partial charge is 0.130 e. The second-order valence-electron chi connectivity index (χ2n) is 4.69. The molecule has 0 bridgehead atoms. The topological polar surface area (TPSA) is 46.0 Å². The van der Waals surface area contributed by atoms with Gasteiger partial charge in [0.2, 0.25) is 0 Å². The Hall–Kier alpha value is -2.04. The molecular formula is C14H21N5. The third kappa shape index (κ3) is 3.71. The van der Waals surface area contributed by atoms with E-state index in [1.54, 1.807) is 0 Å². The summed E-state index contributed by atoms with van der Waals surface area (Å²) in [7, 11) is 3.97. The van der Waals surface area contributed by atoms with E-state index in [1.165, 1.54) is 5.56 Å². The Balaban J connectivity index is 2.03. The van der Waals surface area contributed by atoms with Crippen LogP contribution in [0.4, 0.5) is 11.6 Å². The first-order valence-electron chi connectivity index (χ1n) is 6.58. The zero-order valence-corrected chi connectivity index (χ0v) is 11.8. The lowest BCUT2D eigenvalue weighted by Gasteiger charge is -2.18. The van der Waals surface area contributed by atoms with Crippen molar-refractivity contribution in [3.63, 3.8) is 0 Å². The summed E-state index contributed by atoms with van der Waals surface area (Å²) in [5.41, 5.74) is 1.18. The van der Waals surface area contributed by atoms with Crippen molar-refractivity contribution >= 4 is 11.6 Å². The average molecular weight is 259 g/mol. The molecule has 2 aromatic heterocycles. The van der Waals surface area contributed by atoms with E-state index in [9.17, 15) is 0 Å². The van der Waals surface area contributed by atoms with Gasteiger partial charge in [0.25, 0.3) is 0 Å². The maximum Gasteiger partial charge on any atom is 0.130 e. The lowest BCUT2D eigenvalue weighted by atomic mass is 10.3. The van der Waals surface area contributed by atoms with Gasteiger partial charge in [-0.25, -0.2) is 4.98 Å². The molecule has 0 atom stereocenters. The summed E-state index contributed by atoms with van der Waals surface area (Å²) in [5, 5.41) is 7.48. The van der Waals surface area contributed by atoms with E-state index >= 15 is 0 Å². The van der Waals surface area contributed by atoms with Gasteiger partial charge in [0, 0.05) is 38.9 Å². The average Bonchev–Trinajstić information content (AvgIpc) is 2.82. The second kappa shape index (κ2) is 6.22. The van der Waals surface area contributed by atoms with E-state index in [4.69, 9.17) is 0 Å². The van der Waals surface area contributed by atoms with Crippen LogP contribution in [0.2, 0.25) is 0 Å². The van der Waals surface area contributed by atoms with E-state index in [1.807, 2.05) is 49.4 Å². The zero-order chi connectivity index (χ0) is 13.7. The third-order valence-corrected chi connectivity index (χ3v) is 2.86. The Kier molecular flexibility index (Phi) is 4.39. The molecule has 0 unspecified atom stereocenters. The number of hydrogen-bond acceptors (Lipinski definition) is 4. The molecule has 19 heavy (non-hydrogen) atoms. The maximum atomic E-state index is 4.60. The van der Waals surface area contributed by atoms with E-state index < -0.39 is 0 Å². The second-order valence-corrected chi connectivity index (χ2v) is 4.69. The molecule has 2 heterocycles. The van der Waals surface area contributed by atoms with E-state index in [0.29, 0.717) is 0 Å². The Morgan fingerprint density at radius 1 is 1.37 bits per heavy atom. The van der Waals surface area contributed by atoms with Gasteiger partial charge < -0.3 is 10.2 Å². The van der Waals surface area contributed by atoms with Crippen molar-refractivity contribution in [2.45, 2.75) is 19.9 Å². The van der Waals surface area contributed by atoms with Crippen molar-refractivity contribution in [2.75, 3.05) is 23.8 Å². The van der Waals surface area contributed by atoms with E-state index in [-0.39, 0.29) is 0 Å². The van der Waals surface area contributed by atoms with Crippen LogP contribution in [0.1, 0.15) is 18.9 Å². The molecule has 102 valence electrons. The molecule has 5 heteroatoms. The van der Waals surface area contributed by atoms with Crippen LogP contribution >= 0.6 is 0 Å². The highest BCUT2D eigenvalue weighted by molar-refractivity contribution is 5.46. The van der Waals surface area contributed by atoms with Gasteiger partial charge in [-0.2, -0.15) is 5.10 Å². The van der Waals surface area contributed by atoms with Gasteiger partial charge in [0.05, 0.1) is 6.20 Å². The lowest BCUT2D eigenvalue weighted by Crippen LogP contribution is -2.18. The first-order chi connectivity index (χ1) is 9.19. The number of aromatic nitrogens is 3.